The molecule has 0 radical (unpaired) electrons. The van der Waals surface area contributed by atoms with E-state index in [0.717, 1.165) is 23.2 Å². The Balaban J connectivity index is 1.58. The summed E-state index contributed by atoms with van der Waals surface area (Å²) in [5.41, 5.74) is 4.08. The zero-order valence-corrected chi connectivity index (χ0v) is 16.6. The Morgan fingerprint density at radius 1 is 1.03 bits per heavy atom. The van der Waals surface area contributed by atoms with Crippen LogP contribution in [-0.4, -0.2) is 41.4 Å². The van der Waals surface area contributed by atoms with Crippen molar-refractivity contribution in [2.24, 2.45) is 0 Å². The van der Waals surface area contributed by atoms with Crippen molar-refractivity contribution in [1.29, 1.82) is 0 Å². The van der Waals surface area contributed by atoms with Gasteiger partial charge in [-0.3, -0.25) is 4.79 Å². The molecule has 3 aromatic rings. The summed E-state index contributed by atoms with van der Waals surface area (Å²) in [7, 11) is 3.21. The second-order valence-electron chi connectivity index (χ2n) is 7.01. The highest BCUT2D eigenvalue weighted by Crippen LogP contribution is 2.33. The summed E-state index contributed by atoms with van der Waals surface area (Å²) in [6, 6.07) is 11.7. The van der Waals surface area contributed by atoms with E-state index in [-0.39, 0.29) is 11.7 Å². The number of carbonyl (C=O) groups is 1. The summed E-state index contributed by atoms with van der Waals surface area (Å²) < 4.78 is 25.6. The number of halogens is 1. The van der Waals surface area contributed by atoms with E-state index in [1.165, 1.54) is 12.1 Å². The molecule has 0 aliphatic carbocycles. The Morgan fingerprint density at radius 2 is 1.69 bits per heavy atom. The lowest BCUT2D eigenvalue weighted by molar-refractivity contribution is 0.0728. The first-order valence-corrected chi connectivity index (χ1v) is 9.36. The molecule has 0 unspecified atom stereocenters. The van der Waals surface area contributed by atoms with Gasteiger partial charge in [-0.1, -0.05) is 0 Å². The Morgan fingerprint density at radius 3 is 2.34 bits per heavy atom. The first-order chi connectivity index (χ1) is 14.0. The van der Waals surface area contributed by atoms with Gasteiger partial charge < -0.3 is 14.4 Å². The number of fused-ring (bicyclic) bond motifs is 1. The van der Waals surface area contributed by atoms with Crippen LogP contribution in [0, 0.1) is 12.7 Å². The highest BCUT2D eigenvalue weighted by Gasteiger charge is 2.25. The molecule has 0 atom stereocenters. The average molecular weight is 395 g/mol. The van der Waals surface area contributed by atoms with Crippen LogP contribution >= 0.6 is 0 Å². The molecule has 0 N–H and O–H groups in total. The summed E-state index contributed by atoms with van der Waals surface area (Å²) in [4.78, 5) is 14.9. The fourth-order valence-corrected chi connectivity index (χ4v) is 3.64. The molecule has 0 spiro atoms. The van der Waals surface area contributed by atoms with Crippen LogP contribution in [0.5, 0.6) is 11.5 Å². The maximum absolute atomic E-state index is 13.2. The largest absolute Gasteiger partial charge is 0.493 e. The van der Waals surface area contributed by atoms with E-state index >= 15 is 0 Å². The van der Waals surface area contributed by atoms with Crippen LogP contribution in [0.25, 0.3) is 5.69 Å². The van der Waals surface area contributed by atoms with Crippen molar-refractivity contribution in [2.75, 3.05) is 20.8 Å². The maximum Gasteiger partial charge on any atom is 0.274 e. The second kappa shape index (κ2) is 7.58. The summed E-state index contributed by atoms with van der Waals surface area (Å²) in [6.07, 6.45) is 0.735. The van der Waals surface area contributed by atoms with E-state index in [1.807, 2.05) is 19.1 Å². The number of benzene rings is 2. The zero-order valence-electron chi connectivity index (χ0n) is 16.6. The number of hydrogen-bond donors (Lipinski definition) is 0. The van der Waals surface area contributed by atoms with Gasteiger partial charge >= 0.3 is 0 Å². The number of ether oxygens (including phenoxy) is 2. The minimum absolute atomic E-state index is 0.130. The molecule has 0 bridgehead atoms. The molecular formula is C22H22FN3O3. The minimum Gasteiger partial charge on any atom is -0.493 e. The van der Waals surface area contributed by atoms with E-state index in [2.05, 4.69) is 5.10 Å². The molecule has 4 rings (SSSR count). The highest BCUT2D eigenvalue weighted by atomic mass is 19.1. The van der Waals surface area contributed by atoms with E-state index in [1.54, 1.807) is 42.0 Å². The molecule has 29 heavy (non-hydrogen) atoms. The molecule has 1 aliphatic rings. The summed E-state index contributed by atoms with van der Waals surface area (Å²) in [5.74, 6) is 0.903. The molecule has 1 amide bonds. The Hall–Kier alpha value is -3.35. The molecule has 6 nitrogen and oxygen atoms in total. The molecule has 0 fully saturated rings. The number of rotatable bonds is 4. The number of aryl methyl sites for hydroxylation is 1. The predicted molar refractivity (Wildman–Crippen MR) is 106 cm³/mol. The van der Waals surface area contributed by atoms with Crippen LogP contribution in [0.2, 0.25) is 0 Å². The van der Waals surface area contributed by atoms with Crippen molar-refractivity contribution >= 4 is 5.91 Å². The third-order valence-electron chi connectivity index (χ3n) is 5.18. The lowest BCUT2D eigenvalue weighted by atomic mass is 9.98. The number of aromatic nitrogens is 2. The monoisotopic (exact) mass is 395 g/mol. The average Bonchev–Trinajstić information content (AvgIpc) is 3.13. The molecule has 2 heterocycles. The van der Waals surface area contributed by atoms with Crippen LogP contribution in [-0.2, 0) is 13.0 Å². The number of hydrogen-bond acceptors (Lipinski definition) is 4. The van der Waals surface area contributed by atoms with Gasteiger partial charge in [-0.2, -0.15) is 5.10 Å². The fraction of sp³-hybridized carbons (Fsp3) is 0.273. The van der Waals surface area contributed by atoms with E-state index in [9.17, 15) is 9.18 Å². The molecule has 1 aliphatic heterocycles. The van der Waals surface area contributed by atoms with Crippen LogP contribution < -0.4 is 9.47 Å². The van der Waals surface area contributed by atoms with Crippen molar-refractivity contribution in [3.63, 3.8) is 0 Å². The van der Waals surface area contributed by atoms with Gasteiger partial charge in [0.25, 0.3) is 5.91 Å². The molecule has 2 aromatic carbocycles. The van der Waals surface area contributed by atoms with Crippen molar-refractivity contribution in [2.45, 2.75) is 19.9 Å². The number of carbonyl (C=O) groups excluding carboxylic acids is 1. The standard InChI is InChI=1S/C22H22FN3O3/c1-14-10-19(24-26(14)18-6-4-17(23)5-7-18)22(27)25-9-8-15-11-20(28-2)21(29-3)12-16(15)13-25/h4-7,10-12H,8-9,13H2,1-3H3. The van der Waals surface area contributed by atoms with Crippen molar-refractivity contribution in [1.82, 2.24) is 14.7 Å². The first kappa shape index (κ1) is 19.0. The number of nitrogens with zero attached hydrogens (tertiary/aromatic N) is 3. The van der Waals surface area contributed by atoms with Crippen molar-refractivity contribution < 1.29 is 18.7 Å². The Kier molecular flexibility index (Phi) is 4.96. The summed E-state index contributed by atoms with van der Waals surface area (Å²) >= 11 is 0. The third-order valence-corrected chi connectivity index (χ3v) is 5.18. The summed E-state index contributed by atoms with van der Waals surface area (Å²) in [6.45, 7) is 2.95. The molecule has 0 saturated heterocycles. The molecular weight excluding hydrogens is 373 g/mol. The second-order valence-corrected chi connectivity index (χ2v) is 7.01. The number of methoxy groups -OCH3 is 2. The molecule has 0 saturated carbocycles. The SMILES string of the molecule is COc1cc2c(cc1OC)CN(C(=O)c1cc(C)n(-c3ccc(F)cc3)n1)CC2. The molecule has 1 aromatic heterocycles. The van der Waals surface area contributed by atoms with Crippen LogP contribution in [0.3, 0.4) is 0 Å². The van der Waals surface area contributed by atoms with Gasteiger partial charge in [-0.25, -0.2) is 9.07 Å². The van der Waals surface area contributed by atoms with E-state index < -0.39 is 0 Å². The van der Waals surface area contributed by atoms with Gasteiger partial charge in [0, 0.05) is 18.8 Å². The topological polar surface area (TPSA) is 56.6 Å². The smallest absolute Gasteiger partial charge is 0.274 e. The van der Waals surface area contributed by atoms with E-state index in [4.69, 9.17) is 9.47 Å². The van der Waals surface area contributed by atoms with Crippen molar-refractivity contribution in [3.8, 4) is 17.2 Å². The van der Waals surface area contributed by atoms with Crippen LogP contribution in [0.15, 0.2) is 42.5 Å². The van der Waals surface area contributed by atoms with Gasteiger partial charge in [0.15, 0.2) is 17.2 Å². The van der Waals surface area contributed by atoms with Crippen molar-refractivity contribution in [3.05, 3.63) is 70.8 Å². The fourth-order valence-electron chi connectivity index (χ4n) is 3.64. The van der Waals surface area contributed by atoms with E-state index in [0.29, 0.717) is 36.0 Å². The molecule has 150 valence electrons. The quantitative estimate of drug-likeness (QED) is 0.678. The lowest BCUT2D eigenvalue weighted by Gasteiger charge is -2.29. The van der Waals surface area contributed by atoms with Gasteiger partial charge in [0.2, 0.25) is 0 Å². The van der Waals surface area contributed by atoms with Gasteiger partial charge in [0.05, 0.1) is 19.9 Å². The van der Waals surface area contributed by atoms with Crippen LogP contribution in [0.1, 0.15) is 27.3 Å². The number of amides is 1. The van der Waals surface area contributed by atoms with Gasteiger partial charge in [-0.05, 0) is 66.9 Å². The zero-order chi connectivity index (χ0) is 20.5. The normalized spacial score (nSPS) is 13.2. The first-order valence-electron chi connectivity index (χ1n) is 9.36. The van der Waals surface area contributed by atoms with Crippen LogP contribution in [0.4, 0.5) is 4.39 Å². The lowest BCUT2D eigenvalue weighted by Crippen LogP contribution is -2.36. The maximum atomic E-state index is 13.2. The highest BCUT2D eigenvalue weighted by molar-refractivity contribution is 5.92. The Labute approximate surface area is 168 Å². The predicted octanol–water partition coefficient (Wildman–Crippen LogP) is 3.54. The molecule has 7 heteroatoms. The third kappa shape index (κ3) is 3.55. The minimum atomic E-state index is -0.311. The summed E-state index contributed by atoms with van der Waals surface area (Å²) in [5, 5.41) is 4.46. The Bertz CT molecular complexity index is 1060. The van der Waals surface area contributed by atoms with Gasteiger partial charge in [-0.15, -0.1) is 0 Å². The van der Waals surface area contributed by atoms with Gasteiger partial charge in [0.1, 0.15) is 5.82 Å².